The van der Waals surface area contributed by atoms with E-state index in [0.717, 1.165) is 54.0 Å². The van der Waals surface area contributed by atoms with Crippen LogP contribution in [0.15, 0.2) is 72.8 Å². The van der Waals surface area contributed by atoms with Crippen molar-refractivity contribution in [1.29, 1.82) is 0 Å². The number of rotatable bonds is 18. The monoisotopic (exact) mass is 637 g/mol. The molecular formula is C33H40F4NO5P. The molecule has 0 aliphatic heterocycles. The predicted octanol–water partition coefficient (Wildman–Crippen LogP) is 10.3. The summed E-state index contributed by atoms with van der Waals surface area (Å²) in [6, 6.07) is 18.1. The van der Waals surface area contributed by atoms with Gasteiger partial charge in [-0.15, -0.1) is 0 Å². The Morgan fingerprint density at radius 1 is 0.727 bits per heavy atom. The van der Waals surface area contributed by atoms with Crippen molar-refractivity contribution in [2.24, 2.45) is 0 Å². The van der Waals surface area contributed by atoms with Gasteiger partial charge in [0.2, 0.25) is 0 Å². The van der Waals surface area contributed by atoms with Crippen LogP contribution in [0.1, 0.15) is 75.2 Å². The van der Waals surface area contributed by atoms with Crippen molar-refractivity contribution in [3.8, 4) is 16.9 Å². The Morgan fingerprint density at radius 2 is 1.25 bits per heavy atom. The van der Waals surface area contributed by atoms with Crippen LogP contribution in [0.25, 0.3) is 11.1 Å². The summed E-state index contributed by atoms with van der Waals surface area (Å²) in [4.78, 5) is 12.8. The van der Waals surface area contributed by atoms with Gasteiger partial charge in [0.1, 0.15) is 5.75 Å². The number of unbranched alkanes of at least 4 members (excludes halogenated alkanes) is 5. The first kappa shape index (κ1) is 35.3. The van der Waals surface area contributed by atoms with Gasteiger partial charge < -0.3 is 19.1 Å². The third kappa shape index (κ3) is 8.71. The average Bonchev–Trinajstić information content (AvgIpc) is 3.01. The molecule has 240 valence electrons. The van der Waals surface area contributed by atoms with Crippen molar-refractivity contribution in [3.63, 3.8) is 0 Å². The summed E-state index contributed by atoms with van der Waals surface area (Å²) in [5.41, 5.74) is -4.00. The molecule has 0 fully saturated rings. The molecule has 1 N–H and O–H groups in total. The summed E-state index contributed by atoms with van der Waals surface area (Å²) in [6.45, 7) is 4.36. The number of hydrogen-bond donors (Lipinski definition) is 1. The van der Waals surface area contributed by atoms with E-state index in [0.29, 0.717) is 12.2 Å². The Bertz CT molecular complexity index is 1360. The first-order valence-electron chi connectivity index (χ1n) is 14.9. The van der Waals surface area contributed by atoms with Crippen LogP contribution in [-0.4, -0.2) is 31.4 Å². The van der Waals surface area contributed by atoms with E-state index in [1.54, 1.807) is 24.3 Å². The van der Waals surface area contributed by atoms with Gasteiger partial charge in [0.25, 0.3) is 5.91 Å². The van der Waals surface area contributed by atoms with Gasteiger partial charge in [-0.3, -0.25) is 9.36 Å². The number of amides is 1. The molecule has 3 aromatic carbocycles. The second-order valence-electron chi connectivity index (χ2n) is 10.2. The lowest BCUT2D eigenvalue weighted by Crippen LogP contribution is -2.39. The molecule has 0 spiro atoms. The summed E-state index contributed by atoms with van der Waals surface area (Å²) in [7, 11) is -5.48. The molecule has 3 rings (SSSR count). The number of hydrogen-bond acceptors (Lipinski definition) is 5. The molecule has 6 nitrogen and oxygen atoms in total. The van der Waals surface area contributed by atoms with E-state index in [4.69, 9.17) is 4.74 Å². The maximum atomic E-state index is 14.9. The highest BCUT2D eigenvalue weighted by atomic mass is 31.2. The Labute approximate surface area is 256 Å². The summed E-state index contributed by atoms with van der Waals surface area (Å²) >= 11 is 0. The third-order valence-electron chi connectivity index (χ3n) is 6.93. The van der Waals surface area contributed by atoms with E-state index in [-0.39, 0.29) is 5.69 Å². The van der Waals surface area contributed by atoms with Crippen LogP contribution in [0.4, 0.5) is 23.2 Å². The van der Waals surface area contributed by atoms with E-state index in [1.807, 2.05) is 24.3 Å². The number of halogens is 4. The third-order valence-corrected chi connectivity index (χ3v) is 9.09. The van der Waals surface area contributed by atoms with Gasteiger partial charge in [-0.2, -0.15) is 17.6 Å². The minimum Gasteiger partial charge on any atom is -0.494 e. The zero-order valence-electron chi connectivity index (χ0n) is 25.3. The fraction of sp³-hybridized carbons (Fsp3) is 0.424. The molecule has 0 unspecified atom stereocenters. The van der Waals surface area contributed by atoms with Gasteiger partial charge in [0, 0.05) is 16.8 Å². The van der Waals surface area contributed by atoms with Crippen molar-refractivity contribution < 1.29 is 40.7 Å². The Balaban J connectivity index is 1.59. The average molecular weight is 638 g/mol. The predicted molar refractivity (Wildman–Crippen MR) is 165 cm³/mol. The number of carbonyl (C=O) groups excluding carboxylic acids is 1. The Morgan fingerprint density at radius 3 is 1.80 bits per heavy atom. The van der Waals surface area contributed by atoms with Crippen LogP contribution in [-0.2, 0) is 19.5 Å². The molecule has 44 heavy (non-hydrogen) atoms. The van der Waals surface area contributed by atoms with Crippen molar-refractivity contribution >= 4 is 19.2 Å². The quantitative estimate of drug-likeness (QED) is 0.0854. The lowest BCUT2D eigenvalue weighted by Gasteiger charge is -2.31. The standard InChI is InChI=1S/C33H40F4NO5P/c1-4-7-8-9-10-11-24-41-30-22-16-26(17-23-30)25-12-14-27(15-13-25)31(39)38-29-20-18-28(19-21-29)32(34,35)33(36,37)44(40,42-5-2)43-6-3/h12-23H,4-11,24H2,1-3H3,(H,38,39). The van der Waals surface area contributed by atoms with Gasteiger partial charge in [-0.1, -0.05) is 75.4 Å². The molecular weight excluding hydrogens is 597 g/mol. The lowest BCUT2D eigenvalue weighted by molar-refractivity contribution is -0.177. The number of nitrogens with one attached hydrogen (secondary N) is 1. The Kier molecular flexibility index (Phi) is 13.0. The maximum Gasteiger partial charge on any atom is 0.411 e. The SMILES string of the molecule is CCCCCCCCOc1ccc(-c2ccc(C(=O)Nc3ccc(C(F)(F)C(F)(F)P(=O)(OCC)OCC)cc3)cc2)cc1. The molecule has 0 aliphatic carbocycles. The van der Waals surface area contributed by atoms with Gasteiger partial charge in [-0.25, -0.2) is 0 Å². The first-order chi connectivity index (χ1) is 21.0. The molecule has 11 heteroatoms. The van der Waals surface area contributed by atoms with Crippen LogP contribution in [0.5, 0.6) is 5.75 Å². The molecule has 0 saturated heterocycles. The summed E-state index contributed by atoms with van der Waals surface area (Å²) in [5, 5.41) is 2.56. The minimum absolute atomic E-state index is 0.108. The van der Waals surface area contributed by atoms with Crippen molar-refractivity contribution in [2.45, 2.75) is 70.9 Å². The van der Waals surface area contributed by atoms with E-state index in [9.17, 15) is 26.9 Å². The van der Waals surface area contributed by atoms with Crippen molar-refractivity contribution in [1.82, 2.24) is 0 Å². The fourth-order valence-electron chi connectivity index (χ4n) is 4.48. The van der Waals surface area contributed by atoms with Crippen LogP contribution < -0.4 is 10.1 Å². The summed E-state index contributed by atoms with van der Waals surface area (Å²) in [6.07, 6.45) is 7.18. The highest BCUT2D eigenvalue weighted by molar-refractivity contribution is 7.55. The Hall–Kier alpha value is -3.20. The van der Waals surface area contributed by atoms with Crippen LogP contribution in [0.3, 0.4) is 0 Å². The number of carbonyl (C=O) groups is 1. The number of ether oxygens (including phenoxy) is 1. The van der Waals surface area contributed by atoms with Crippen LogP contribution in [0, 0.1) is 0 Å². The topological polar surface area (TPSA) is 73.9 Å². The molecule has 0 aromatic heterocycles. The second kappa shape index (κ2) is 16.2. The van der Waals surface area contributed by atoms with E-state index < -0.39 is 43.9 Å². The molecule has 0 heterocycles. The normalized spacial score (nSPS) is 12.2. The van der Waals surface area contributed by atoms with Gasteiger partial charge >= 0.3 is 19.2 Å². The van der Waals surface area contributed by atoms with E-state index in [2.05, 4.69) is 21.3 Å². The summed E-state index contributed by atoms with van der Waals surface area (Å²) in [5.74, 6) is -4.59. The molecule has 0 bridgehead atoms. The van der Waals surface area contributed by atoms with E-state index >= 15 is 0 Å². The molecule has 0 atom stereocenters. The van der Waals surface area contributed by atoms with Crippen LogP contribution >= 0.6 is 7.60 Å². The van der Waals surface area contributed by atoms with Crippen LogP contribution in [0.2, 0.25) is 0 Å². The summed E-state index contributed by atoms with van der Waals surface area (Å²) < 4.78 is 86.6. The zero-order chi connectivity index (χ0) is 32.2. The lowest BCUT2D eigenvalue weighted by atomic mass is 10.0. The minimum atomic E-state index is -5.48. The number of anilines is 1. The molecule has 1 amide bonds. The van der Waals surface area contributed by atoms with Gasteiger partial charge in [-0.05, 0) is 67.8 Å². The molecule has 3 aromatic rings. The van der Waals surface area contributed by atoms with Crippen molar-refractivity contribution in [2.75, 3.05) is 25.1 Å². The zero-order valence-corrected chi connectivity index (χ0v) is 26.2. The maximum absolute atomic E-state index is 14.9. The molecule has 0 saturated carbocycles. The first-order valence-corrected chi connectivity index (χ1v) is 16.4. The largest absolute Gasteiger partial charge is 0.494 e. The van der Waals surface area contributed by atoms with Gasteiger partial charge in [0.15, 0.2) is 0 Å². The number of benzene rings is 3. The highest BCUT2D eigenvalue weighted by Gasteiger charge is 2.70. The van der Waals surface area contributed by atoms with Crippen molar-refractivity contribution in [3.05, 3.63) is 83.9 Å². The van der Waals surface area contributed by atoms with E-state index in [1.165, 1.54) is 39.5 Å². The highest BCUT2D eigenvalue weighted by Crippen LogP contribution is 2.69. The molecule has 0 aliphatic rings. The second-order valence-corrected chi connectivity index (χ2v) is 12.3. The van der Waals surface area contributed by atoms with Gasteiger partial charge in [0.05, 0.1) is 19.8 Å². The smallest absolute Gasteiger partial charge is 0.411 e. The number of alkyl halides is 4. The molecule has 0 radical (unpaired) electrons. The fourth-order valence-corrected chi connectivity index (χ4v) is 6.03.